The molecule has 4 fully saturated rings. The van der Waals surface area contributed by atoms with E-state index < -0.39 is 17.8 Å². The highest BCUT2D eigenvalue weighted by molar-refractivity contribution is 14.1. The summed E-state index contributed by atoms with van der Waals surface area (Å²) in [5.74, 6) is 0.589. The summed E-state index contributed by atoms with van der Waals surface area (Å²) in [4.78, 5) is 25.2. The molecular weight excluding hydrogens is 533 g/mol. The van der Waals surface area contributed by atoms with Gasteiger partial charge in [-0.1, -0.05) is 61.8 Å². The molecule has 0 aromatic rings. The average molecular weight is 574 g/mol. The second kappa shape index (κ2) is 10.1. The van der Waals surface area contributed by atoms with Crippen LogP contribution in [0.25, 0.3) is 0 Å². The lowest BCUT2D eigenvalue weighted by atomic mass is 9.72. The Morgan fingerprint density at radius 1 is 1.21 bits per heavy atom. The third-order valence-electron chi connectivity index (χ3n) is 8.53. The first-order valence-electron chi connectivity index (χ1n) is 12.8. The fourth-order valence-corrected chi connectivity index (χ4v) is 8.50. The number of rotatable bonds is 7. The van der Waals surface area contributed by atoms with Gasteiger partial charge in [-0.15, -0.1) is 0 Å². The number of amides is 1. The van der Waals surface area contributed by atoms with Crippen molar-refractivity contribution in [2.75, 3.05) is 6.61 Å². The first kappa shape index (κ1) is 25.4. The molecule has 0 radical (unpaired) electrons. The lowest BCUT2D eigenvalue weighted by molar-refractivity contribution is -0.245. The number of halogens is 1. The van der Waals surface area contributed by atoms with Gasteiger partial charge in [0.25, 0.3) is 0 Å². The topological polar surface area (TPSA) is 84.9 Å². The molecule has 6 nitrogen and oxygen atoms in total. The number of hydrogen-bond donors (Lipinski definition) is 2. The van der Waals surface area contributed by atoms with Crippen LogP contribution in [0, 0.1) is 23.7 Å². The van der Waals surface area contributed by atoms with E-state index in [0.717, 1.165) is 32.1 Å². The maximum atomic E-state index is 13.1. The Hall–Kier alpha value is -0.670. The number of nitrogens with one attached hydrogen (secondary N) is 1. The fraction of sp³-hybridized carbons (Fsp3) is 0.846. The number of alkyl halides is 1. The number of carbonyl (C=O) groups excluding carboxylic acids is 2. The van der Waals surface area contributed by atoms with Crippen LogP contribution in [0.2, 0.25) is 0 Å². The molecule has 7 atom stereocenters. The molecule has 7 heteroatoms. The van der Waals surface area contributed by atoms with Crippen molar-refractivity contribution in [2.45, 2.75) is 106 Å². The maximum Gasteiger partial charge on any atom is 0.330 e. The van der Waals surface area contributed by atoms with E-state index in [-0.39, 0.29) is 35.9 Å². The Morgan fingerprint density at radius 2 is 1.94 bits per heavy atom. The van der Waals surface area contributed by atoms with Crippen LogP contribution < -0.4 is 5.32 Å². The Morgan fingerprint density at radius 3 is 2.61 bits per heavy atom. The van der Waals surface area contributed by atoms with E-state index in [1.54, 1.807) is 6.08 Å². The van der Waals surface area contributed by atoms with E-state index in [4.69, 9.17) is 9.47 Å². The minimum Gasteiger partial charge on any atom is -0.456 e. The van der Waals surface area contributed by atoms with E-state index in [2.05, 4.69) is 54.8 Å². The number of allylic oxidation sites excluding steroid dienone is 1. The first-order valence-corrected chi connectivity index (χ1v) is 14.1. The van der Waals surface area contributed by atoms with Gasteiger partial charge >= 0.3 is 5.97 Å². The van der Waals surface area contributed by atoms with Crippen molar-refractivity contribution >= 4 is 34.5 Å². The molecule has 2 aliphatic heterocycles. The van der Waals surface area contributed by atoms with Gasteiger partial charge in [-0.05, 0) is 56.8 Å². The summed E-state index contributed by atoms with van der Waals surface area (Å²) in [6.45, 7) is 5.92. The number of hydrogen-bond acceptors (Lipinski definition) is 5. The highest BCUT2D eigenvalue weighted by Crippen LogP contribution is 2.62. The molecule has 2 heterocycles. The lowest BCUT2D eigenvalue weighted by Crippen LogP contribution is -2.62. The molecule has 33 heavy (non-hydrogen) atoms. The molecule has 4 rings (SSSR count). The highest BCUT2D eigenvalue weighted by atomic mass is 127. The van der Waals surface area contributed by atoms with E-state index in [1.165, 1.54) is 19.3 Å². The third kappa shape index (κ3) is 5.01. The zero-order valence-corrected chi connectivity index (χ0v) is 22.4. The number of carbonyl (C=O) groups is 2. The summed E-state index contributed by atoms with van der Waals surface area (Å²) >= 11 is 2.53. The van der Waals surface area contributed by atoms with Gasteiger partial charge in [0.2, 0.25) is 5.91 Å². The molecule has 2 aliphatic carbocycles. The van der Waals surface area contributed by atoms with Crippen molar-refractivity contribution in [3.63, 3.8) is 0 Å². The summed E-state index contributed by atoms with van der Waals surface area (Å²) in [5.41, 5.74) is -1.15. The molecule has 0 spiro atoms. The normalized spacial score (nSPS) is 40.8. The summed E-state index contributed by atoms with van der Waals surface area (Å²) in [5, 5.41) is 12.4. The molecular formula is C26H40INO5. The molecule has 186 valence electrons. The third-order valence-corrected chi connectivity index (χ3v) is 9.99. The van der Waals surface area contributed by atoms with Crippen molar-refractivity contribution in [1.29, 1.82) is 0 Å². The van der Waals surface area contributed by atoms with Crippen molar-refractivity contribution < 1.29 is 24.2 Å². The van der Waals surface area contributed by atoms with Crippen LogP contribution in [0.4, 0.5) is 0 Å². The van der Waals surface area contributed by atoms with E-state index in [0.29, 0.717) is 22.2 Å². The number of ether oxygens (including phenoxy) is 2. The Labute approximate surface area is 211 Å². The molecule has 7 unspecified atom stereocenters. The van der Waals surface area contributed by atoms with Crippen LogP contribution in [-0.4, -0.2) is 50.9 Å². The van der Waals surface area contributed by atoms with Crippen LogP contribution in [0.3, 0.4) is 0 Å². The predicted molar refractivity (Wildman–Crippen MR) is 135 cm³/mol. The van der Waals surface area contributed by atoms with Crippen LogP contribution >= 0.6 is 22.6 Å². The largest absolute Gasteiger partial charge is 0.456 e. The minimum absolute atomic E-state index is 0.200. The van der Waals surface area contributed by atoms with Gasteiger partial charge in [0.05, 0.1) is 11.6 Å². The average Bonchev–Trinajstić information content (AvgIpc) is 3.27. The molecule has 0 aromatic heterocycles. The van der Waals surface area contributed by atoms with E-state index in [9.17, 15) is 14.7 Å². The second-order valence-corrected chi connectivity index (χ2v) is 12.9. The zero-order chi connectivity index (χ0) is 23.8. The number of esters is 1. The lowest BCUT2D eigenvalue weighted by Gasteiger charge is -2.52. The monoisotopic (exact) mass is 573 g/mol. The smallest absolute Gasteiger partial charge is 0.330 e. The van der Waals surface area contributed by atoms with E-state index in [1.807, 2.05) is 0 Å². The molecule has 2 bridgehead atoms. The van der Waals surface area contributed by atoms with Gasteiger partial charge < -0.3 is 19.9 Å². The van der Waals surface area contributed by atoms with Gasteiger partial charge in [-0.2, -0.15) is 0 Å². The summed E-state index contributed by atoms with van der Waals surface area (Å²) < 4.78 is 13.6. The fourth-order valence-electron chi connectivity index (χ4n) is 7.26. The Bertz CT molecular complexity index is 766. The Kier molecular flexibility index (Phi) is 7.81. The second-order valence-electron chi connectivity index (χ2n) is 11.3. The van der Waals surface area contributed by atoms with Crippen molar-refractivity contribution in [3.05, 3.63) is 12.2 Å². The summed E-state index contributed by atoms with van der Waals surface area (Å²) in [6.07, 6.45) is 12.9. The number of aliphatic hydroxyl groups excluding tert-OH is 1. The number of aliphatic hydroxyl groups is 1. The predicted octanol–water partition coefficient (Wildman–Crippen LogP) is 4.32. The molecule has 1 amide bonds. The van der Waals surface area contributed by atoms with Crippen LogP contribution in [0.15, 0.2) is 12.2 Å². The van der Waals surface area contributed by atoms with Gasteiger partial charge in [0, 0.05) is 22.3 Å². The zero-order valence-electron chi connectivity index (χ0n) is 20.2. The van der Waals surface area contributed by atoms with Crippen molar-refractivity contribution in [2.24, 2.45) is 23.7 Å². The maximum absolute atomic E-state index is 13.1. The van der Waals surface area contributed by atoms with Gasteiger partial charge in [-0.25, -0.2) is 4.79 Å². The minimum atomic E-state index is -0.625. The highest BCUT2D eigenvalue weighted by Gasteiger charge is 2.70. The molecule has 0 aromatic carbocycles. The molecule has 2 saturated carbocycles. The van der Waals surface area contributed by atoms with Crippen LogP contribution in [-0.2, 0) is 19.1 Å². The van der Waals surface area contributed by atoms with Crippen molar-refractivity contribution in [1.82, 2.24) is 5.32 Å². The standard InChI is InChI=1S/C26H40INO5/c1-16(2)13-26-14-20(28-21(30)15-29)25(3,33-26)18-10-11-19(27)23(18)24(26)32-22(31)12-9-17-7-5-4-6-8-17/h9,12,16-20,23-24,29H,4-8,10-11,13-15H2,1-3H3,(H,28,30)/b12-9+. The van der Waals surface area contributed by atoms with Gasteiger partial charge in [0.15, 0.2) is 0 Å². The molecule has 2 N–H and O–H groups in total. The SMILES string of the molecule is CC(C)CC12CC(NC(=O)CO)C(C)(O1)C1CCC(I)C1C2OC(=O)/C=C/C1CCCCC1. The molecule has 4 aliphatic rings. The van der Waals surface area contributed by atoms with Crippen LogP contribution in [0.1, 0.15) is 78.6 Å². The quantitative estimate of drug-likeness (QED) is 0.205. The van der Waals surface area contributed by atoms with E-state index >= 15 is 0 Å². The molecule has 2 saturated heterocycles. The Balaban J connectivity index is 1.62. The van der Waals surface area contributed by atoms with Gasteiger partial charge in [0.1, 0.15) is 18.3 Å². The van der Waals surface area contributed by atoms with Crippen molar-refractivity contribution in [3.8, 4) is 0 Å². The summed E-state index contributed by atoms with van der Waals surface area (Å²) in [7, 11) is 0. The first-order chi connectivity index (χ1) is 15.7. The van der Waals surface area contributed by atoms with Gasteiger partial charge in [-0.3, -0.25) is 4.79 Å². The summed E-state index contributed by atoms with van der Waals surface area (Å²) in [6, 6.07) is -0.202. The number of fused-ring (bicyclic) bond motifs is 4. The van der Waals surface area contributed by atoms with Crippen LogP contribution in [0.5, 0.6) is 0 Å².